The number of aromatic hydroxyl groups is 1. The number of phenols is 1. The molecule has 1 unspecified atom stereocenters. The lowest BCUT2D eigenvalue weighted by Crippen LogP contribution is -2.09. The second kappa shape index (κ2) is 6.25. The highest BCUT2D eigenvalue weighted by Gasteiger charge is 2.08. The molecule has 2 N–H and O–H groups in total. The van der Waals surface area contributed by atoms with E-state index in [0.717, 1.165) is 5.56 Å². The standard InChI is InChI=1S/C13H18O4/c1-9(14)7-11(15)5-3-10-4-6-12(16)13(8-10)17-2/h4,6,8-9,14,16H,3,5,7H2,1-2H3. The van der Waals surface area contributed by atoms with Crippen LogP contribution in [0.1, 0.15) is 25.3 Å². The maximum atomic E-state index is 11.4. The number of ether oxygens (including phenoxy) is 1. The minimum Gasteiger partial charge on any atom is -0.504 e. The average Bonchev–Trinajstić information content (AvgIpc) is 2.27. The molecule has 0 saturated heterocycles. The molecule has 0 saturated carbocycles. The molecule has 4 nitrogen and oxygen atoms in total. The zero-order valence-electron chi connectivity index (χ0n) is 10.1. The lowest BCUT2D eigenvalue weighted by molar-refractivity contribution is -0.120. The molecule has 1 atom stereocenters. The Bertz CT molecular complexity index is 385. The number of rotatable bonds is 6. The molecule has 1 rings (SSSR count). The number of phenolic OH excluding ortho intramolecular Hbond substituents is 1. The van der Waals surface area contributed by atoms with Crippen molar-refractivity contribution in [2.24, 2.45) is 0 Å². The van der Waals surface area contributed by atoms with Gasteiger partial charge in [0.1, 0.15) is 5.78 Å². The Morgan fingerprint density at radius 3 is 2.76 bits per heavy atom. The van der Waals surface area contributed by atoms with Crippen LogP contribution in [0.5, 0.6) is 11.5 Å². The first-order valence-corrected chi connectivity index (χ1v) is 5.58. The highest BCUT2D eigenvalue weighted by Crippen LogP contribution is 2.26. The largest absolute Gasteiger partial charge is 0.504 e. The smallest absolute Gasteiger partial charge is 0.160 e. The van der Waals surface area contributed by atoms with Crippen molar-refractivity contribution in [3.63, 3.8) is 0 Å². The zero-order chi connectivity index (χ0) is 12.8. The molecule has 1 aromatic carbocycles. The number of hydrogen-bond donors (Lipinski definition) is 2. The Kier molecular flexibility index (Phi) is 4.97. The highest BCUT2D eigenvalue weighted by molar-refractivity contribution is 5.79. The van der Waals surface area contributed by atoms with Crippen molar-refractivity contribution >= 4 is 5.78 Å². The van der Waals surface area contributed by atoms with Gasteiger partial charge in [0, 0.05) is 12.8 Å². The summed E-state index contributed by atoms with van der Waals surface area (Å²) < 4.78 is 4.98. The summed E-state index contributed by atoms with van der Waals surface area (Å²) in [6.45, 7) is 1.60. The molecule has 0 fully saturated rings. The van der Waals surface area contributed by atoms with E-state index in [1.165, 1.54) is 7.11 Å². The van der Waals surface area contributed by atoms with Crippen molar-refractivity contribution in [1.82, 2.24) is 0 Å². The predicted octanol–water partition coefficient (Wildman–Crippen LogP) is 1.67. The van der Waals surface area contributed by atoms with Gasteiger partial charge in [-0.3, -0.25) is 4.79 Å². The van der Waals surface area contributed by atoms with E-state index in [0.29, 0.717) is 18.6 Å². The molecular formula is C13H18O4. The monoisotopic (exact) mass is 238 g/mol. The van der Waals surface area contributed by atoms with E-state index >= 15 is 0 Å². The Hall–Kier alpha value is -1.55. The van der Waals surface area contributed by atoms with Crippen molar-refractivity contribution in [1.29, 1.82) is 0 Å². The molecule has 0 heterocycles. The highest BCUT2D eigenvalue weighted by atomic mass is 16.5. The van der Waals surface area contributed by atoms with Gasteiger partial charge in [0.25, 0.3) is 0 Å². The number of benzene rings is 1. The maximum absolute atomic E-state index is 11.4. The number of ketones is 1. The summed E-state index contributed by atoms with van der Waals surface area (Å²) in [4.78, 5) is 11.4. The van der Waals surface area contributed by atoms with Crippen molar-refractivity contribution in [2.75, 3.05) is 7.11 Å². The van der Waals surface area contributed by atoms with E-state index < -0.39 is 6.10 Å². The molecule has 0 bridgehead atoms. The summed E-state index contributed by atoms with van der Waals surface area (Å²) in [6, 6.07) is 5.02. The van der Waals surface area contributed by atoms with Crippen LogP contribution in [0.25, 0.3) is 0 Å². The third-order valence-electron chi connectivity index (χ3n) is 2.46. The summed E-state index contributed by atoms with van der Waals surface area (Å²) in [5.74, 6) is 0.532. The summed E-state index contributed by atoms with van der Waals surface area (Å²) in [6.07, 6.45) is 0.577. The number of aryl methyl sites for hydroxylation is 1. The number of carbonyl (C=O) groups excluding carboxylic acids is 1. The molecule has 0 radical (unpaired) electrons. The molecule has 0 aliphatic carbocycles. The zero-order valence-corrected chi connectivity index (χ0v) is 10.1. The van der Waals surface area contributed by atoms with Crippen LogP contribution in [0, 0.1) is 0 Å². The SMILES string of the molecule is COc1cc(CCC(=O)CC(C)O)ccc1O. The second-order valence-corrected chi connectivity index (χ2v) is 4.10. The van der Waals surface area contributed by atoms with Crippen LogP contribution in [0.4, 0.5) is 0 Å². The minimum absolute atomic E-state index is 0.0343. The summed E-state index contributed by atoms with van der Waals surface area (Å²) in [5, 5.41) is 18.5. The van der Waals surface area contributed by atoms with Crippen LogP contribution in [0.2, 0.25) is 0 Å². The van der Waals surface area contributed by atoms with E-state index in [-0.39, 0.29) is 18.0 Å². The van der Waals surface area contributed by atoms with Crippen LogP contribution in [0.3, 0.4) is 0 Å². The summed E-state index contributed by atoms with van der Waals surface area (Å²) in [5.41, 5.74) is 0.929. The van der Waals surface area contributed by atoms with E-state index in [9.17, 15) is 9.90 Å². The number of carbonyl (C=O) groups is 1. The Labute approximate surface area is 101 Å². The first-order valence-electron chi connectivity index (χ1n) is 5.58. The molecule has 4 heteroatoms. The van der Waals surface area contributed by atoms with Gasteiger partial charge in [-0.15, -0.1) is 0 Å². The van der Waals surface area contributed by atoms with E-state index in [4.69, 9.17) is 9.84 Å². The van der Waals surface area contributed by atoms with E-state index in [1.807, 2.05) is 0 Å². The normalized spacial score (nSPS) is 12.2. The van der Waals surface area contributed by atoms with Crippen LogP contribution in [-0.2, 0) is 11.2 Å². The number of aliphatic hydroxyl groups excluding tert-OH is 1. The number of hydrogen-bond acceptors (Lipinski definition) is 4. The molecule has 17 heavy (non-hydrogen) atoms. The third-order valence-corrected chi connectivity index (χ3v) is 2.46. The second-order valence-electron chi connectivity index (χ2n) is 4.10. The maximum Gasteiger partial charge on any atom is 0.160 e. The van der Waals surface area contributed by atoms with Gasteiger partial charge in [-0.05, 0) is 31.0 Å². The molecule has 0 amide bonds. The topological polar surface area (TPSA) is 66.8 Å². The Balaban J connectivity index is 2.55. The number of aliphatic hydroxyl groups is 1. The van der Waals surface area contributed by atoms with Gasteiger partial charge in [-0.25, -0.2) is 0 Å². The quantitative estimate of drug-likeness (QED) is 0.791. The Morgan fingerprint density at radius 1 is 1.47 bits per heavy atom. The average molecular weight is 238 g/mol. The third kappa shape index (κ3) is 4.44. The van der Waals surface area contributed by atoms with Crippen molar-refractivity contribution < 1.29 is 19.7 Å². The van der Waals surface area contributed by atoms with Gasteiger partial charge in [-0.2, -0.15) is 0 Å². The van der Waals surface area contributed by atoms with Gasteiger partial charge in [0.05, 0.1) is 13.2 Å². The molecule has 0 aliphatic heterocycles. The molecule has 0 aromatic heterocycles. The lowest BCUT2D eigenvalue weighted by atomic mass is 10.0. The predicted molar refractivity (Wildman–Crippen MR) is 64.3 cm³/mol. The molecule has 1 aromatic rings. The lowest BCUT2D eigenvalue weighted by Gasteiger charge is -2.07. The Morgan fingerprint density at radius 2 is 2.18 bits per heavy atom. The van der Waals surface area contributed by atoms with Crippen molar-refractivity contribution in [3.05, 3.63) is 23.8 Å². The van der Waals surface area contributed by atoms with E-state index in [1.54, 1.807) is 25.1 Å². The van der Waals surface area contributed by atoms with E-state index in [2.05, 4.69) is 0 Å². The van der Waals surface area contributed by atoms with Crippen molar-refractivity contribution in [3.8, 4) is 11.5 Å². The summed E-state index contributed by atoms with van der Waals surface area (Å²) >= 11 is 0. The molecule has 0 spiro atoms. The van der Waals surface area contributed by atoms with Crippen LogP contribution < -0.4 is 4.74 Å². The van der Waals surface area contributed by atoms with Crippen LogP contribution >= 0.6 is 0 Å². The van der Waals surface area contributed by atoms with Gasteiger partial charge >= 0.3 is 0 Å². The fraction of sp³-hybridized carbons (Fsp3) is 0.462. The fourth-order valence-corrected chi connectivity index (χ4v) is 1.59. The number of Topliss-reactive ketones (excluding diaryl/α,β-unsaturated/α-hetero) is 1. The van der Waals surface area contributed by atoms with Gasteiger partial charge < -0.3 is 14.9 Å². The molecule has 94 valence electrons. The summed E-state index contributed by atoms with van der Waals surface area (Å²) in [7, 11) is 1.48. The number of methoxy groups -OCH3 is 1. The van der Waals surface area contributed by atoms with Crippen LogP contribution in [0.15, 0.2) is 18.2 Å². The minimum atomic E-state index is -0.586. The van der Waals surface area contributed by atoms with Gasteiger partial charge in [0.2, 0.25) is 0 Å². The van der Waals surface area contributed by atoms with Gasteiger partial charge in [-0.1, -0.05) is 6.07 Å². The van der Waals surface area contributed by atoms with Crippen LogP contribution in [-0.4, -0.2) is 29.2 Å². The molecular weight excluding hydrogens is 220 g/mol. The van der Waals surface area contributed by atoms with Crippen molar-refractivity contribution in [2.45, 2.75) is 32.3 Å². The molecule has 0 aliphatic rings. The van der Waals surface area contributed by atoms with Gasteiger partial charge in [0.15, 0.2) is 11.5 Å². The first-order chi connectivity index (χ1) is 8.02. The first kappa shape index (κ1) is 13.5. The fourth-order valence-electron chi connectivity index (χ4n) is 1.59.